The fraction of sp³-hybridized carbons (Fsp3) is 0.674. The molecule has 37 heteroatoms. The number of aliphatic hydroxyl groups excluding tert-OH is 1. The van der Waals surface area contributed by atoms with E-state index in [1.807, 2.05) is 74.1 Å². The zero-order valence-electron chi connectivity index (χ0n) is 80.2. The molecule has 1 aliphatic rings. The smallest absolute Gasteiger partial charge is 0.246 e. The predicted octanol–water partition coefficient (Wildman–Crippen LogP) is 7.15. The number of nitrogens with one attached hydrogen (secondary N) is 8. The lowest BCUT2D eigenvalue weighted by Crippen LogP contribution is -2.61. The van der Waals surface area contributed by atoms with Gasteiger partial charge >= 0.3 is 0 Å². The number of carbonyl (C=O) groups excluding carboxylic acids is 14. The van der Waals surface area contributed by atoms with Crippen LogP contribution in [0.1, 0.15) is 201 Å². The van der Waals surface area contributed by atoms with Crippen molar-refractivity contribution in [3.05, 3.63) is 53.6 Å². The van der Waals surface area contributed by atoms with Crippen LogP contribution in [0.4, 0.5) is 20.5 Å². The van der Waals surface area contributed by atoms with Crippen molar-refractivity contribution >= 4 is 117 Å². The molecular formula is C92H147ClF2N18O16. The van der Waals surface area contributed by atoms with Crippen molar-refractivity contribution in [2.75, 3.05) is 112 Å². The molecule has 0 saturated carbocycles. The Balaban J connectivity index is 1.24. The molecule has 0 spiro atoms. The Labute approximate surface area is 765 Å². The normalized spacial score (nSPS) is 14.8. The van der Waals surface area contributed by atoms with E-state index in [0.29, 0.717) is 70.8 Å². The number of carbonyl (C=O) groups is 14. The maximum Gasteiger partial charge on any atom is 0.246 e. The van der Waals surface area contributed by atoms with Gasteiger partial charge in [-0.25, -0.2) is 13.8 Å². The van der Waals surface area contributed by atoms with Gasteiger partial charge in [0.15, 0.2) is 5.82 Å². The third-order valence-electron chi connectivity index (χ3n) is 23.3. The van der Waals surface area contributed by atoms with Crippen LogP contribution in [0, 0.1) is 53.1 Å². The van der Waals surface area contributed by atoms with E-state index in [0.717, 1.165) is 23.8 Å². The molecule has 0 radical (unpaired) electrons. The Morgan fingerprint density at radius 1 is 0.558 bits per heavy atom. The summed E-state index contributed by atoms with van der Waals surface area (Å²) in [6.45, 7) is 33.5. The second-order valence-corrected chi connectivity index (χ2v) is 36.9. The van der Waals surface area contributed by atoms with Crippen molar-refractivity contribution < 1.29 is 86.1 Å². The Morgan fingerprint density at radius 3 is 1.59 bits per heavy atom. The lowest BCUT2D eigenvalue weighted by atomic mass is 9.95. The highest BCUT2D eigenvalue weighted by Gasteiger charge is 2.43. The number of rotatable bonds is 52. The van der Waals surface area contributed by atoms with Gasteiger partial charge in [0.1, 0.15) is 77.3 Å². The number of aromatic hydroxyl groups is 1. The first-order valence-electron chi connectivity index (χ1n) is 45.2. The van der Waals surface area contributed by atoms with E-state index in [1.54, 1.807) is 32.6 Å². The molecule has 1 saturated heterocycles. The molecule has 11 atom stereocenters. The number of amides is 14. The first-order chi connectivity index (χ1) is 60.5. The summed E-state index contributed by atoms with van der Waals surface area (Å²) in [5.41, 5.74) is -1.03. The molecule has 129 heavy (non-hydrogen) atoms. The van der Waals surface area contributed by atoms with E-state index in [-0.39, 0.29) is 139 Å². The summed E-state index contributed by atoms with van der Waals surface area (Å²) in [5.74, 6) is -11.1. The number of aliphatic hydroxyl groups is 1. The summed E-state index contributed by atoms with van der Waals surface area (Å²) in [6.07, 6.45) is 4.53. The highest BCUT2D eigenvalue weighted by molar-refractivity contribution is 6.34. The topological polar surface area (TPSA) is 427 Å². The Morgan fingerprint density at radius 2 is 1.07 bits per heavy atom. The second kappa shape index (κ2) is 53.1. The molecule has 722 valence electrons. The minimum Gasteiger partial charge on any atom is -0.507 e. The number of halogens is 3. The largest absolute Gasteiger partial charge is 0.507 e. The standard InChI is InChI=1S/C92H147ClF2N18O16/c1-25-64(102-73(118)50-70(115)58(15)33-31-36-71(116)97-38-29-27-28-30-39-98-72(117)37-40-99-92-104-80-61(82(105-92)113-43-41-112(42-44-113)74(119)26-2)49-62(93)76(78(80)95)77-63(94)34-32-35-69(77)114)88(126)106(19)51-75(120)107(20)65(45-52(3)4)85(123)103-79(56(11)12)91(129)108(21)66(46-53(5)6)84(122)100-59(16)83(121)101-60(17)87(125)109(22)67(47-54(7)8)89(127)110(23)68(48-55(9)10)90(128)111(24)81(57(13)14)86(124)96-18/h26,32,34-35,49,52-60,64-68,70,79,81,114-115H,2,25,27-31,33,36-48,50-51H2,1,3-24H3,(H,96,124)(H,97,116)(H,98,117)(H,100,122)(H,101,121)(H,102,118)(H,103,123)(H,99,104,105)/t58-,59+,60-,64+,65+,66+,67+,68+,70+,79+,81+/m1/s1. The quantitative estimate of drug-likeness (QED) is 0.0198. The number of hydrogen-bond donors (Lipinski definition) is 10. The number of phenolic OH excluding ortho intramolecular Hbond substituents is 1. The van der Waals surface area contributed by atoms with E-state index in [4.69, 9.17) is 11.6 Å². The summed E-state index contributed by atoms with van der Waals surface area (Å²) in [6, 6.07) is -5.03. The molecule has 1 aliphatic heterocycles. The molecule has 34 nitrogen and oxygen atoms in total. The zero-order valence-corrected chi connectivity index (χ0v) is 80.9. The lowest BCUT2D eigenvalue weighted by molar-refractivity contribution is -0.153. The van der Waals surface area contributed by atoms with Crippen molar-refractivity contribution in [2.45, 2.75) is 261 Å². The SMILES string of the molecule is C=CC(=O)N1CCN(c2nc(NCCC(=O)NCCCCCCNC(=O)CCC[C@@H](C)[C@@H](O)CC(=O)N[C@@H](CC)C(=O)N(C)CC(=O)N(C)[C@@H](CC(C)C)C(=O)N[C@H](C(=O)N(C)[C@@H](CC(C)C)C(=O)N[C@@H](C)C(=O)N[C@H](C)C(=O)N(C)[C@@H](CC(C)C)C(=O)N(C)[C@@H](CC(C)C)C(=O)N(C)[C@H](C(=O)NC)C(C)C)C(C)C)nc3c(F)c(-c4c(O)cccc4F)c(Cl)cc23)CC1. The number of benzene rings is 2. The Hall–Kier alpha value is -10.4. The number of aromatic nitrogens is 2. The van der Waals surface area contributed by atoms with Crippen LogP contribution in [-0.4, -0.2) is 299 Å². The molecule has 3 aromatic rings. The molecule has 10 N–H and O–H groups in total. The third kappa shape index (κ3) is 32.9. The van der Waals surface area contributed by atoms with Crippen LogP contribution in [0.2, 0.25) is 5.02 Å². The summed E-state index contributed by atoms with van der Waals surface area (Å²) in [5, 5.41) is 44.0. The molecule has 4 rings (SSSR count). The van der Waals surface area contributed by atoms with Gasteiger partial charge in [-0.1, -0.05) is 134 Å². The molecule has 0 aliphatic carbocycles. The van der Waals surface area contributed by atoms with Gasteiger partial charge in [0, 0.05) is 119 Å². The fourth-order valence-corrected chi connectivity index (χ4v) is 15.9. The minimum atomic E-state index is -1.26. The first-order valence-corrected chi connectivity index (χ1v) is 45.6. The number of anilines is 2. The molecule has 0 bridgehead atoms. The van der Waals surface area contributed by atoms with Gasteiger partial charge in [-0.3, -0.25) is 67.1 Å². The van der Waals surface area contributed by atoms with E-state index >= 15 is 8.78 Å². The average Bonchev–Trinajstić information content (AvgIpc) is 0.746. The number of unbranched alkanes of at least 4 members (excludes halogenated alkanes) is 3. The van der Waals surface area contributed by atoms with Crippen LogP contribution in [0.5, 0.6) is 5.75 Å². The lowest BCUT2D eigenvalue weighted by Gasteiger charge is -2.39. The average molecular weight is 1830 g/mol. The maximum absolute atomic E-state index is 16.6. The van der Waals surface area contributed by atoms with Gasteiger partial charge in [-0.05, 0) is 137 Å². The number of likely N-dealkylation sites (N-methyl/N-ethyl adjacent to an activating group) is 7. The number of phenols is 1. The Kier molecular flexibility index (Phi) is 45.6. The predicted molar refractivity (Wildman–Crippen MR) is 493 cm³/mol. The molecule has 0 unspecified atom stereocenters. The van der Waals surface area contributed by atoms with Gasteiger partial charge in [0.05, 0.1) is 29.7 Å². The maximum atomic E-state index is 16.6. The van der Waals surface area contributed by atoms with Crippen molar-refractivity contribution in [1.29, 1.82) is 0 Å². The van der Waals surface area contributed by atoms with Crippen LogP contribution >= 0.6 is 11.6 Å². The van der Waals surface area contributed by atoms with Crippen LogP contribution < -0.4 is 47.4 Å². The number of fused-ring (bicyclic) bond motifs is 1. The number of hydrogen-bond acceptors (Lipinski definition) is 20. The van der Waals surface area contributed by atoms with E-state index < -0.39 is 161 Å². The van der Waals surface area contributed by atoms with Crippen molar-refractivity contribution in [2.24, 2.45) is 41.4 Å². The summed E-state index contributed by atoms with van der Waals surface area (Å²) in [7, 11) is 10.2. The van der Waals surface area contributed by atoms with Crippen molar-refractivity contribution in [3.63, 3.8) is 0 Å². The van der Waals surface area contributed by atoms with Crippen LogP contribution in [0.15, 0.2) is 36.9 Å². The summed E-state index contributed by atoms with van der Waals surface area (Å²) < 4.78 is 31.7. The van der Waals surface area contributed by atoms with Gasteiger partial charge in [-0.15, -0.1) is 0 Å². The molecular weight excluding hydrogens is 1690 g/mol. The van der Waals surface area contributed by atoms with Gasteiger partial charge in [0.2, 0.25) is 88.6 Å². The molecule has 2 aromatic carbocycles. The highest BCUT2D eigenvalue weighted by atomic mass is 35.5. The first kappa shape index (κ1) is 111. The molecule has 1 aromatic heterocycles. The van der Waals surface area contributed by atoms with Crippen molar-refractivity contribution in [1.82, 2.24) is 81.5 Å². The van der Waals surface area contributed by atoms with Gasteiger partial charge in [0.25, 0.3) is 0 Å². The van der Waals surface area contributed by atoms with Crippen LogP contribution in [0.3, 0.4) is 0 Å². The monoisotopic (exact) mass is 1830 g/mol. The third-order valence-corrected chi connectivity index (χ3v) is 23.6. The van der Waals surface area contributed by atoms with Crippen LogP contribution in [0.25, 0.3) is 22.0 Å². The summed E-state index contributed by atoms with van der Waals surface area (Å²) >= 11 is 6.60. The zero-order chi connectivity index (χ0) is 97.5. The van der Waals surface area contributed by atoms with Gasteiger partial charge in [-0.2, -0.15) is 4.98 Å². The minimum absolute atomic E-state index is 0.0108. The fourth-order valence-electron chi connectivity index (χ4n) is 15.6. The molecule has 1 fully saturated rings. The highest BCUT2D eigenvalue weighted by Crippen LogP contribution is 2.43. The molecule has 2 heterocycles. The van der Waals surface area contributed by atoms with Gasteiger partial charge < -0.3 is 91.9 Å². The molecule has 14 amide bonds. The van der Waals surface area contributed by atoms with E-state index in [2.05, 4.69) is 59.1 Å². The van der Waals surface area contributed by atoms with Crippen LogP contribution in [-0.2, 0) is 67.1 Å². The Bertz CT molecular complexity index is 4320. The summed E-state index contributed by atoms with van der Waals surface area (Å²) in [4.78, 5) is 213. The second-order valence-electron chi connectivity index (χ2n) is 36.5. The number of piperazine rings is 1. The van der Waals surface area contributed by atoms with Crippen molar-refractivity contribution in [3.8, 4) is 16.9 Å². The van der Waals surface area contributed by atoms with E-state index in [9.17, 15) is 77.3 Å². The number of nitrogens with zero attached hydrogens (tertiary/aromatic N) is 10. The van der Waals surface area contributed by atoms with E-state index in [1.165, 1.54) is 112 Å².